The minimum atomic E-state index is -4.34. The molecule has 3 fully saturated rings. The second-order valence-electron chi connectivity index (χ2n) is 11.1. The molecule has 4 aliphatic carbocycles. The Balaban J connectivity index is 1.42. The summed E-state index contributed by atoms with van der Waals surface area (Å²) in [5, 5.41) is 21.5. The summed E-state index contributed by atoms with van der Waals surface area (Å²) >= 11 is 0. The molecule has 4 aliphatic rings. The van der Waals surface area contributed by atoms with Gasteiger partial charge in [-0.15, -0.1) is 0 Å². The molecule has 5 unspecified atom stereocenters. The average molecular weight is 447 g/mol. The first-order chi connectivity index (χ1) is 15.0. The van der Waals surface area contributed by atoms with Gasteiger partial charge in [0, 0.05) is 5.41 Å². The van der Waals surface area contributed by atoms with Crippen molar-refractivity contribution in [3.63, 3.8) is 0 Å². The molecule has 1 aromatic rings. The summed E-state index contributed by atoms with van der Waals surface area (Å²) in [5.41, 5.74) is 2.41. The van der Waals surface area contributed by atoms with Crippen molar-refractivity contribution in [3.05, 3.63) is 52.6 Å². The molecule has 0 radical (unpaired) electrons. The number of hydrogen-bond acceptors (Lipinski definition) is 2. The van der Waals surface area contributed by atoms with Crippen LogP contribution in [0.3, 0.4) is 0 Å². The quantitative estimate of drug-likeness (QED) is 0.491. The molecule has 2 N–H and O–H groups in total. The Bertz CT molecular complexity index is 947. The van der Waals surface area contributed by atoms with Crippen LogP contribution in [-0.2, 0) is 6.18 Å². The molecule has 174 valence electrons. The number of rotatable bonds is 1. The number of aliphatic hydroxyl groups excluding tert-OH is 2. The van der Waals surface area contributed by atoms with Gasteiger partial charge in [0.1, 0.15) is 0 Å². The lowest BCUT2D eigenvalue weighted by atomic mass is 9.48. The Hall–Kier alpha value is -1.59. The van der Waals surface area contributed by atoms with E-state index < -0.39 is 17.8 Å². The molecule has 2 nitrogen and oxygen atoms in total. The van der Waals surface area contributed by atoms with Crippen LogP contribution >= 0.6 is 0 Å². The minimum Gasteiger partial charge on any atom is -0.393 e. The highest BCUT2D eigenvalue weighted by Crippen LogP contribution is 2.65. The first-order valence-corrected chi connectivity index (χ1v) is 12.0. The first-order valence-electron chi connectivity index (χ1n) is 12.0. The van der Waals surface area contributed by atoms with Crippen LogP contribution < -0.4 is 0 Å². The van der Waals surface area contributed by atoms with Crippen molar-refractivity contribution in [1.29, 1.82) is 0 Å². The zero-order chi connectivity index (χ0) is 22.9. The fraction of sp³-hybridized carbons (Fsp3) is 0.630. The van der Waals surface area contributed by atoms with Crippen molar-refractivity contribution in [2.24, 2.45) is 28.6 Å². The predicted molar refractivity (Wildman–Crippen MR) is 119 cm³/mol. The van der Waals surface area contributed by atoms with Crippen LogP contribution in [0.4, 0.5) is 13.2 Å². The van der Waals surface area contributed by atoms with E-state index in [1.807, 2.05) is 6.08 Å². The summed E-state index contributed by atoms with van der Waals surface area (Å²) in [5.74, 6) is 1.45. The maximum Gasteiger partial charge on any atom is 0.416 e. The predicted octanol–water partition coefficient (Wildman–Crippen LogP) is 6.38. The number of alkyl halides is 3. The lowest BCUT2D eigenvalue weighted by Crippen LogP contribution is -2.51. The summed E-state index contributed by atoms with van der Waals surface area (Å²) in [4.78, 5) is 0. The summed E-state index contributed by atoms with van der Waals surface area (Å²) in [6, 6.07) is 5.23. The molecule has 1 aromatic carbocycles. The maximum atomic E-state index is 12.9. The van der Waals surface area contributed by atoms with Gasteiger partial charge >= 0.3 is 6.18 Å². The Morgan fingerprint density at radius 3 is 2.38 bits per heavy atom. The molecule has 32 heavy (non-hydrogen) atoms. The molecule has 7 atom stereocenters. The van der Waals surface area contributed by atoms with E-state index in [-0.39, 0.29) is 16.9 Å². The minimum absolute atomic E-state index is 0.147. The monoisotopic (exact) mass is 446 g/mol. The molecular weight excluding hydrogens is 413 g/mol. The van der Waals surface area contributed by atoms with Crippen LogP contribution in [0.1, 0.15) is 69.9 Å². The third-order valence-electron chi connectivity index (χ3n) is 9.54. The van der Waals surface area contributed by atoms with E-state index in [0.29, 0.717) is 23.3 Å². The molecular formula is C27H33F3O2. The highest BCUT2D eigenvalue weighted by molar-refractivity contribution is 5.56. The van der Waals surface area contributed by atoms with Gasteiger partial charge < -0.3 is 10.2 Å². The topological polar surface area (TPSA) is 40.5 Å². The fourth-order valence-corrected chi connectivity index (χ4v) is 7.62. The van der Waals surface area contributed by atoms with Crippen LogP contribution in [0.2, 0.25) is 0 Å². The lowest BCUT2D eigenvalue weighted by Gasteiger charge is -2.57. The number of allylic oxidation sites excluding steroid dienone is 1. The standard InChI is InChI=1S/C27H33F3O2/c1-25-11-9-20(31)15-19(25)7-8-21-22(25)10-12-26(2)23(21)14-17(24(26)32)13-16-3-5-18(6-4-16)27(28,29)30/h3-7,13,20-24,31-32H,8-12,14-15H2,1-2H3/b17-13+/t20?,21?,22?,23?,24?,25-,26-/m1/s1. The van der Waals surface area contributed by atoms with Crippen molar-refractivity contribution in [3.8, 4) is 0 Å². The van der Waals surface area contributed by atoms with E-state index in [1.54, 1.807) is 0 Å². The van der Waals surface area contributed by atoms with Gasteiger partial charge in [-0.25, -0.2) is 0 Å². The van der Waals surface area contributed by atoms with Crippen molar-refractivity contribution in [2.75, 3.05) is 0 Å². The molecule has 0 saturated heterocycles. The normalized spacial score (nSPS) is 42.8. The summed E-state index contributed by atoms with van der Waals surface area (Å²) in [6.07, 6.45) is 5.73. The van der Waals surface area contributed by atoms with Crippen LogP contribution in [-0.4, -0.2) is 22.4 Å². The van der Waals surface area contributed by atoms with Crippen LogP contribution in [0.15, 0.2) is 41.5 Å². The van der Waals surface area contributed by atoms with Gasteiger partial charge in [-0.05, 0) is 91.4 Å². The molecule has 0 aromatic heterocycles. The molecule has 3 saturated carbocycles. The van der Waals surface area contributed by atoms with Crippen LogP contribution in [0, 0.1) is 28.6 Å². The maximum absolute atomic E-state index is 12.9. The van der Waals surface area contributed by atoms with Gasteiger partial charge in [0.2, 0.25) is 0 Å². The summed E-state index contributed by atoms with van der Waals surface area (Å²) in [7, 11) is 0. The van der Waals surface area contributed by atoms with Crippen molar-refractivity contribution >= 4 is 6.08 Å². The largest absolute Gasteiger partial charge is 0.416 e. The number of hydrogen-bond donors (Lipinski definition) is 2. The SMILES string of the molecule is C[C@@]12CCC3C(CC=C4CC(O)CC[C@]43C)C1C/C(=C\c1ccc(C(F)(F)F)cc1)C2O. The van der Waals surface area contributed by atoms with E-state index >= 15 is 0 Å². The van der Waals surface area contributed by atoms with Crippen molar-refractivity contribution < 1.29 is 23.4 Å². The van der Waals surface area contributed by atoms with E-state index in [9.17, 15) is 23.4 Å². The third kappa shape index (κ3) is 3.38. The van der Waals surface area contributed by atoms with Crippen molar-refractivity contribution in [1.82, 2.24) is 0 Å². The molecule has 0 aliphatic heterocycles. The number of halogens is 3. The van der Waals surface area contributed by atoms with E-state index in [0.717, 1.165) is 62.7 Å². The summed E-state index contributed by atoms with van der Waals surface area (Å²) < 4.78 is 38.7. The van der Waals surface area contributed by atoms with Gasteiger partial charge in [0.15, 0.2) is 0 Å². The second kappa shape index (κ2) is 7.46. The Kier molecular flexibility index (Phi) is 5.18. The van der Waals surface area contributed by atoms with E-state index in [4.69, 9.17) is 0 Å². The van der Waals surface area contributed by atoms with Gasteiger partial charge in [-0.1, -0.05) is 43.7 Å². The van der Waals surface area contributed by atoms with Crippen LogP contribution in [0.25, 0.3) is 6.08 Å². The Morgan fingerprint density at radius 2 is 1.69 bits per heavy atom. The highest BCUT2D eigenvalue weighted by Gasteiger charge is 2.59. The first kappa shape index (κ1) is 22.2. The van der Waals surface area contributed by atoms with Gasteiger partial charge in [-0.2, -0.15) is 13.2 Å². The fourth-order valence-electron chi connectivity index (χ4n) is 7.62. The zero-order valence-corrected chi connectivity index (χ0v) is 18.8. The number of fused-ring (bicyclic) bond motifs is 5. The van der Waals surface area contributed by atoms with Crippen LogP contribution in [0.5, 0.6) is 0 Å². The average Bonchev–Trinajstić information content (AvgIpc) is 2.99. The highest BCUT2D eigenvalue weighted by atomic mass is 19.4. The van der Waals surface area contributed by atoms with Crippen molar-refractivity contribution in [2.45, 2.75) is 77.2 Å². The molecule has 0 heterocycles. The Morgan fingerprint density at radius 1 is 0.969 bits per heavy atom. The van der Waals surface area contributed by atoms with E-state index in [2.05, 4.69) is 19.9 Å². The third-order valence-corrected chi connectivity index (χ3v) is 9.54. The van der Waals surface area contributed by atoms with Gasteiger partial charge in [0.05, 0.1) is 17.8 Å². The molecule has 0 bridgehead atoms. The summed E-state index contributed by atoms with van der Waals surface area (Å²) in [6.45, 7) is 4.59. The lowest BCUT2D eigenvalue weighted by molar-refractivity contribution is -0.137. The molecule has 0 amide bonds. The molecule has 0 spiro atoms. The van der Waals surface area contributed by atoms with Gasteiger partial charge in [-0.3, -0.25) is 0 Å². The van der Waals surface area contributed by atoms with E-state index in [1.165, 1.54) is 17.7 Å². The molecule has 5 heteroatoms. The Labute approximate surface area is 188 Å². The second-order valence-corrected chi connectivity index (χ2v) is 11.1. The molecule has 5 rings (SSSR count). The number of benzene rings is 1. The van der Waals surface area contributed by atoms with Gasteiger partial charge in [0.25, 0.3) is 0 Å². The smallest absolute Gasteiger partial charge is 0.393 e. The zero-order valence-electron chi connectivity index (χ0n) is 18.8. The number of aliphatic hydroxyl groups is 2.